The first-order valence-corrected chi connectivity index (χ1v) is 5.82. The lowest BCUT2D eigenvalue weighted by molar-refractivity contribution is -0.0178. The molecule has 0 aromatic heterocycles. The van der Waals surface area contributed by atoms with E-state index in [1.807, 2.05) is 7.05 Å². The second-order valence-electron chi connectivity index (χ2n) is 5.44. The van der Waals surface area contributed by atoms with Gasteiger partial charge < -0.3 is 10.1 Å². The molecular weight excluding hydrogens is 174 g/mol. The van der Waals surface area contributed by atoms with Crippen LogP contribution in [-0.4, -0.2) is 25.3 Å². The van der Waals surface area contributed by atoms with E-state index in [1.54, 1.807) is 0 Å². The number of hydrogen-bond acceptors (Lipinski definition) is 2. The van der Waals surface area contributed by atoms with Crippen LogP contribution < -0.4 is 5.32 Å². The second-order valence-corrected chi connectivity index (χ2v) is 5.44. The second kappa shape index (κ2) is 5.13. The first-order valence-electron chi connectivity index (χ1n) is 5.82. The van der Waals surface area contributed by atoms with Gasteiger partial charge in [-0.05, 0) is 40.2 Å². The van der Waals surface area contributed by atoms with Gasteiger partial charge in [0.15, 0.2) is 0 Å². The summed E-state index contributed by atoms with van der Waals surface area (Å²) in [4.78, 5) is 0. The van der Waals surface area contributed by atoms with Gasteiger partial charge in [-0.1, -0.05) is 19.3 Å². The Labute approximate surface area is 88.4 Å². The van der Waals surface area contributed by atoms with E-state index in [4.69, 9.17) is 4.74 Å². The normalized spacial score (nSPS) is 20.6. The summed E-state index contributed by atoms with van der Waals surface area (Å²) in [5.41, 5.74) is -0.00524. The van der Waals surface area contributed by atoms with Gasteiger partial charge in [-0.15, -0.1) is 0 Å². The lowest BCUT2D eigenvalue weighted by Gasteiger charge is -2.31. The maximum atomic E-state index is 5.79. The summed E-state index contributed by atoms with van der Waals surface area (Å²) in [6.07, 6.45) is 5.56. The summed E-state index contributed by atoms with van der Waals surface area (Å²) in [7, 11) is 2.04. The number of ether oxygens (including phenoxy) is 1. The topological polar surface area (TPSA) is 21.3 Å². The third-order valence-electron chi connectivity index (χ3n) is 2.97. The Hall–Kier alpha value is -0.0800. The van der Waals surface area contributed by atoms with E-state index >= 15 is 0 Å². The van der Waals surface area contributed by atoms with Crippen LogP contribution in [0.15, 0.2) is 0 Å². The van der Waals surface area contributed by atoms with Crippen molar-refractivity contribution < 1.29 is 4.74 Å². The number of rotatable bonds is 5. The third-order valence-corrected chi connectivity index (χ3v) is 2.97. The molecule has 1 aliphatic rings. The molecule has 0 radical (unpaired) electrons. The van der Waals surface area contributed by atoms with Crippen molar-refractivity contribution in [3.05, 3.63) is 0 Å². The SMILES string of the molecule is CNC(COC(C)(C)C)CC1CCC1. The molecule has 1 saturated carbocycles. The molecule has 0 spiro atoms. The average molecular weight is 199 g/mol. The van der Waals surface area contributed by atoms with Crippen LogP contribution in [-0.2, 0) is 4.74 Å². The molecule has 2 nitrogen and oxygen atoms in total. The Bertz CT molecular complexity index is 158. The molecule has 1 rings (SSSR count). The lowest BCUT2D eigenvalue weighted by atomic mass is 9.81. The predicted octanol–water partition coefficient (Wildman–Crippen LogP) is 2.58. The van der Waals surface area contributed by atoms with Gasteiger partial charge in [0.25, 0.3) is 0 Å². The molecule has 1 fully saturated rings. The molecule has 1 unspecified atom stereocenters. The van der Waals surface area contributed by atoms with Crippen molar-refractivity contribution in [1.82, 2.24) is 5.32 Å². The molecular formula is C12H25NO. The standard InChI is InChI=1S/C12H25NO/c1-12(2,3)14-9-11(13-4)8-10-6-5-7-10/h10-11,13H,5-9H2,1-4H3. The van der Waals surface area contributed by atoms with Crippen molar-refractivity contribution in [3.8, 4) is 0 Å². The Balaban J connectivity index is 2.17. The quantitative estimate of drug-likeness (QED) is 0.735. The maximum absolute atomic E-state index is 5.79. The monoisotopic (exact) mass is 199 g/mol. The van der Waals surface area contributed by atoms with E-state index < -0.39 is 0 Å². The van der Waals surface area contributed by atoms with Gasteiger partial charge in [0.1, 0.15) is 0 Å². The molecule has 0 aromatic carbocycles. The van der Waals surface area contributed by atoms with E-state index in [-0.39, 0.29) is 5.60 Å². The van der Waals surface area contributed by atoms with Crippen molar-refractivity contribution in [2.24, 2.45) is 5.92 Å². The van der Waals surface area contributed by atoms with Crippen molar-refractivity contribution in [3.63, 3.8) is 0 Å². The molecule has 0 bridgehead atoms. The van der Waals surface area contributed by atoms with Crippen LogP contribution in [0.4, 0.5) is 0 Å². The molecule has 1 N–H and O–H groups in total. The van der Waals surface area contributed by atoms with Crippen LogP contribution in [0, 0.1) is 5.92 Å². The third kappa shape index (κ3) is 4.43. The molecule has 0 heterocycles. The highest BCUT2D eigenvalue weighted by molar-refractivity contribution is 4.77. The Kier molecular flexibility index (Phi) is 4.39. The molecule has 0 aliphatic heterocycles. The van der Waals surface area contributed by atoms with Gasteiger partial charge in [-0.25, -0.2) is 0 Å². The van der Waals surface area contributed by atoms with Crippen LogP contribution in [0.5, 0.6) is 0 Å². The molecule has 84 valence electrons. The van der Waals surface area contributed by atoms with Gasteiger partial charge in [0.05, 0.1) is 12.2 Å². The zero-order valence-electron chi connectivity index (χ0n) is 10.1. The van der Waals surface area contributed by atoms with Crippen LogP contribution in [0.1, 0.15) is 46.5 Å². The van der Waals surface area contributed by atoms with Crippen LogP contribution in [0.2, 0.25) is 0 Å². The van der Waals surface area contributed by atoms with Crippen molar-refractivity contribution in [2.45, 2.75) is 58.1 Å². The van der Waals surface area contributed by atoms with Gasteiger partial charge in [-0.2, -0.15) is 0 Å². The molecule has 0 amide bonds. The van der Waals surface area contributed by atoms with E-state index in [0.717, 1.165) is 12.5 Å². The molecule has 1 atom stereocenters. The van der Waals surface area contributed by atoms with Gasteiger partial charge in [-0.3, -0.25) is 0 Å². The molecule has 0 aromatic rings. The van der Waals surface area contributed by atoms with Gasteiger partial charge in [0, 0.05) is 6.04 Å². The number of likely N-dealkylation sites (N-methyl/N-ethyl adjacent to an activating group) is 1. The van der Waals surface area contributed by atoms with Crippen LogP contribution >= 0.6 is 0 Å². The zero-order chi connectivity index (χ0) is 10.6. The molecule has 14 heavy (non-hydrogen) atoms. The smallest absolute Gasteiger partial charge is 0.0626 e. The fourth-order valence-corrected chi connectivity index (χ4v) is 1.75. The summed E-state index contributed by atoms with van der Waals surface area (Å²) in [6.45, 7) is 7.19. The van der Waals surface area contributed by atoms with Crippen molar-refractivity contribution >= 4 is 0 Å². The summed E-state index contributed by atoms with van der Waals surface area (Å²) in [5, 5.41) is 3.35. The summed E-state index contributed by atoms with van der Waals surface area (Å²) >= 11 is 0. The zero-order valence-corrected chi connectivity index (χ0v) is 10.1. The van der Waals surface area contributed by atoms with E-state index in [9.17, 15) is 0 Å². The van der Waals surface area contributed by atoms with Gasteiger partial charge >= 0.3 is 0 Å². The Morgan fingerprint density at radius 1 is 1.36 bits per heavy atom. The molecule has 0 saturated heterocycles. The maximum Gasteiger partial charge on any atom is 0.0626 e. The van der Waals surface area contributed by atoms with Gasteiger partial charge in [0.2, 0.25) is 0 Å². The molecule has 1 aliphatic carbocycles. The van der Waals surface area contributed by atoms with Crippen molar-refractivity contribution in [1.29, 1.82) is 0 Å². The summed E-state index contributed by atoms with van der Waals surface area (Å²) in [6, 6.07) is 0.541. The summed E-state index contributed by atoms with van der Waals surface area (Å²) in [5.74, 6) is 0.955. The lowest BCUT2D eigenvalue weighted by Crippen LogP contribution is -2.37. The van der Waals surface area contributed by atoms with E-state index in [1.165, 1.54) is 25.7 Å². The van der Waals surface area contributed by atoms with E-state index in [0.29, 0.717) is 6.04 Å². The fourth-order valence-electron chi connectivity index (χ4n) is 1.75. The van der Waals surface area contributed by atoms with Crippen LogP contribution in [0.25, 0.3) is 0 Å². The number of nitrogens with one attached hydrogen (secondary N) is 1. The largest absolute Gasteiger partial charge is 0.374 e. The minimum Gasteiger partial charge on any atom is -0.374 e. The first-order chi connectivity index (χ1) is 6.51. The highest BCUT2D eigenvalue weighted by Gasteiger charge is 2.22. The minimum atomic E-state index is -0.00524. The first kappa shape index (κ1) is 12.0. The Morgan fingerprint density at radius 2 is 2.00 bits per heavy atom. The fraction of sp³-hybridized carbons (Fsp3) is 1.00. The van der Waals surface area contributed by atoms with E-state index in [2.05, 4.69) is 26.1 Å². The van der Waals surface area contributed by atoms with Crippen LogP contribution in [0.3, 0.4) is 0 Å². The minimum absolute atomic E-state index is 0.00524. The number of hydrogen-bond donors (Lipinski definition) is 1. The Morgan fingerprint density at radius 3 is 2.36 bits per heavy atom. The molecule has 2 heteroatoms. The van der Waals surface area contributed by atoms with Crippen molar-refractivity contribution in [2.75, 3.05) is 13.7 Å². The predicted molar refractivity (Wildman–Crippen MR) is 60.5 cm³/mol. The highest BCUT2D eigenvalue weighted by atomic mass is 16.5. The average Bonchev–Trinajstić information content (AvgIpc) is 2.00. The summed E-state index contributed by atoms with van der Waals surface area (Å²) < 4.78 is 5.79. The highest BCUT2D eigenvalue weighted by Crippen LogP contribution is 2.30.